The van der Waals surface area contributed by atoms with Gasteiger partial charge < -0.3 is 10.6 Å². The normalized spacial score (nSPS) is 9.64. The van der Waals surface area contributed by atoms with E-state index >= 15 is 0 Å². The fourth-order valence-electron chi connectivity index (χ4n) is 0.899. The summed E-state index contributed by atoms with van der Waals surface area (Å²) in [5.41, 5.74) is 0.683. The monoisotopic (exact) mass is 276 g/mol. The molecule has 1 rings (SSSR count). The summed E-state index contributed by atoms with van der Waals surface area (Å²) in [6, 6.07) is 0. The van der Waals surface area contributed by atoms with Crippen molar-refractivity contribution in [1.29, 1.82) is 0 Å². The molecular weight excluding hydrogens is 267 g/mol. The maximum Gasteiger partial charge on any atom is 0.157 e. The average Bonchev–Trinajstić information content (AvgIpc) is 2.14. The topological polar surface area (TPSA) is 49.8 Å². The Morgan fingerprint density at radius 2 is 2.36 bits per heavy atom. The third-order valence-electron chi connectivity index (χ3n) is 1.50. The van der Waals surface area contributed by atoms with Crippen LogP contribution in [0, 0.1) is 0 Å². The van der Waals surface area contributed by atoms with Crippen LogP contribution in [0.3, 0.4) is 0 Å². The highest BCUT2D eigenvalue weighted by atomic mass is 79.9. The summed E-state index contributed by atoms with van der Waals surface area (Å²) >= 11 is 9.10. The molecule has 0 atom stereocenters. The van der Waals surface area contributed by atoms with Crippen LogP contribution < -0.4 is 10.6 Å². The van der Waals surface area contributed by atoms with E-state index in [1.807, 2.05) is 0 Å². The number of anilines is 2. The van der Waals surface area contributed by atoms with Crippen molar-refractivity contribution in [3.63, 3.8) is 0 Å². The Bertz CT molecular complexity index is 342. The Balaban J connectivity index is 2.85. The molecule has 0 radical (unpaired) electrons. The van der Waals surface area contributed by atoms with E-state index < -0.39 is 0 Å². The van der Waals surface area contributed by atoms with E-state index in [0.29, 0.717) is 23.2 Å². The molecule has 4 nitrogen and oxygen atoms in total. The molecule has 1 aromatic rings. The number of halogens is 2. The Hall–Kier alpha value is -0.810. The van der Waals surface area contributed by atoms with Crippen molar-refractivity contribution in [3.05, 3.63) is 22.5 Å². The fraction of sp³-hybridized carbons (Fsp3) is 0.250. The summed E-state index contributed by atoms with van der Waals surface area (Å²) in [6.07, 6.45) is 1.41. The Morgan fingerprint density at radius 3 is 2.93 bits per heavy atom. The van der Waals surface area contributed by atoms with Gasteiger partial charge in [0.15, 0.2) is 11.0 Å². The predicted molar refractivity (Wildman–Crippen MR) is 63.1 cm³/mol. The summed E-state index contributed by atoms with van der Waals surface area (Å²) in [5, 5.41) is 6.38. The highest BCUT2D eigenvalue weighted by Crippen LogP contribution is 2.25. The zero-order chi connectivity index (χ0) is 10.6. The second-order valence-corrected chi connectivity index (χ2v) is 3.99. The number of rotatable bonds is 4. The zero-order valence-corrected chi connectivity index (χ0v) is 9.98. The highest BCUT2D eigenvalue weighted by Gasteiger charge is 2.06. The van der Waals surface area contributed by atoms with Gasteiger partial charge in [-0.15, -0.1) is 0 Å². The van der Waals surface area contributed by atoms with Gasteiger partial charge in [-0.25, -0.2) is 9.97 Å². The zero-order valence-electron chi connectivity index (χ0n) is 7.64. The van der Waals surface area contributed by atoms with Crippen molar-refractivity contribution < 1.29 is 0 Å². The van der Waals surface area contributed by atoms with Crippen LogP contribution in [0.2, 0.25) is 5.15 Å². The van der Waals surface area contributed by atoms with Crippen LogP contribution in [-0.2, 0) is 0 Å². The first-order valence-electron chi connectivity index (χ1n) is 3.90. The maximum atomic E-state index is 5.86. The third-order valence-corrected chi connectivity index (χ3v) is 2.07. The number of hydrogen-bond donors (Lipinski definition) is 2. The molecule has 0 bridgehead atoms. The van der Waals surface area contributed by atoms with Gasteiger partial charge in [0.2, 0.25) is 0 Å². The smallest absolute Gasteiger partial charge is 0.157 e. The Labute approximate surface area is 95.9 Å². The number of hydrogen-bond acceptors (Lipinski definition) is 4. The highest BCUT2D eigenvalue weighted by molar-refractivity contribution is 9.11. The average molecular weight is 278 g/mol. The molecule has 0 fully saturated rings. The first-order valence-corrected chi connectivity index (χ1v) is 5.07. The van der Waals surface area contributed by atoms with Crippen LogP contribution in [0.15, 0.2) is 17.4 Å². The molecule has 0 aliphatic heterocycles. The first kappa shape index (κ1) is 11.3. The second-order valence-electron chi connectivity index (χ2n) is 2.51. The van der Waals surface area contributed by atoms with E-state index in [1.54, 1.807) is 7.05 Å². The molecule has 1 aromatic heterocycles. The van der Waals surface area contributed by atoms with Crippen molar-refractivity contribution in [1.82, 2.24) is 9.97 Å². The van der Waals surface area contributed by atoms with Crippen LogP contribution in [0.25, 0.3) is 0 Å². The summed E-state index contributed by atoms with van der Waals surface area (Å²) < 4.78 is 0.842. The lowest BCUT2D eigenvalue weighted by molar-refractivity contribution is 1.13. The summed E-state index contributed by atoms with van der Waals surface area (Å²) in [4.78, 5) is 7.91. The maximum absolute atomic E-state index is 5.86. The molecule has 0 unspecified atom stereocenters. The van der Waals surface area contributed by atoms with Crippen LogP contribution in [0.1, 0.15) is 0 Å². The fourth-order valence-corrected chi connectivity index (χ4v) is 1.27. The minimum absolute atomic E-state index is 0.394. The van der Waals surface area contributed by atoms with Gasteiger partial charge in [-0.3, -0.25) is 0 Å². The second kappa shape index (κ2) is 5.17. The minimum Gasteiger partial charge on any atom is -0.383 e. The van der Waals surface area contributed by atoms with Gasteiger partial charge in [-0.1, -0.05) is 34.1 Å². The molecular formula is C8H10BrClN4. The molecule has 76 valence electrons. The molecule has 14 heavy (non-hydrogen) atoms. The van der Waals surface area contributed by atoms with E-state index in [0.717, 1.165) is 4.48 Å². The van der Waals surface area contributed by atoms with E-state index in [-0.39, 0.29) is 0 Å². The molecule has 0 aliphatic rings. The van der Waals surface area contributed by atoms with Crippen molar-refractivity contribution in [2.24, 2.45) is 0 Å². The van der Waals surface area contributed by atoms with Gasteiger partial charge >= 0.3 is 0 Å². The number of nitrogens with zero attached hydrogens (tertiary/aromatic N) is 2. The molecule has 6 heteroatoms. The molecule has 0 saturated carbocycles. The molecule has 0 saturated heterocycles. The number of aromatic nitrogens is 2. The van der Waals surface area contributed by atoms with Crippen molar-refractivity contribution in [2.75, 3.05) is 24.2 Å². The van der Waals surface area contributed by atoms with Crippen LogP contribution in [-0.4, -0.2) is 23.6 Å². The predicted octanol–water partition coefficient (Wildman–Crippen LogP) is 2.49. The van der Waals surface area contributed by atoms with Gasteiger partial charge in [0.25, 0.3) is 0 Å². The van der Waals surface area contributed by atoms with Crippen LogP contribution in [0.5, 0.6) is 0 Å². The Kier molecular flexibility index (Phi) is 4.16. The lowest BCUT2D eigenvalue weighted by atomic mass is 10.4. The van der Waals surface area contributed by atoms with E-state index in [9.17, 15) is 0 Å². The molecule has 1 heterocycles. The summed E-state index contributed by atoms with van der Waals surface area (Å²) in [6.45, 7) is 4.29. The van der Waals surface area contributed by atoms with Crippen molar-refractivity contribution in [2.45, 2.75) is 0 Å². The van der Waals surface area contributed by atoms with Gasteiger partial charge in [0.05, 0.1) is 0 Å². The quantitative estimate of drug-likeness (QED) is 0.830. The van der Waals surface area contributed by atoms with Gasteiger partial charge in [-0.05, 0) is 0 Å². The number of nitrogens with one attached hydrogen (secondary N) is 2. The van der Waals surface area contributed by atoms with E-state index in [4.69, 9.17) is 11.6 Å². The molecule has 2 N–H and O–H groups in total. The molecule has 0 aromatic carbocycles. The third kappa shape index (κ3) is 2.85. The minimum atomic E-state index is 0.394. The molecule has 0 aliphatic carbocycles. The Morgan fingerprint density at radius 1 is 1.64 bits per heavy atom. The standard InChI is InChI=1S/C8H10BrClN4/c1-5(9)3-12-8-6(11-2)7(10)13-4-14-8/h4,11H,1,3H2,2H3,(H,12,13,14). The van der Waals surface area contributed by atoms with Gasteiger partial charge in [-0.2, -0.15) is 0 Å². The van der Waals surface area contributed by atoms with E-state index in [1.165, 1.54) is 6.33 Å². The van der Waals surface area contributed by atoms with Gasteiger partial charge in [0.1, 0.15) is 12.0 Å². The van der Waals surface area contributed by atoms with Crippen LogP contribution >= 0.6 is 27.5 Å². The largest absolute Gasteiger partial charge is 0.383 e. The van der Waals surface area contributed by atoms with Gasteiger partial charge in [0, 0.05) is 18.1 Å². The van der Waals surface area contributed by atoms with E-state index in [2.05, 4.69) is 43.1 Å². The van der Waals surface area contributed by atoms with Crippen LogP contribution in [0.4, 0.5) is 11.5 Å². The lowest BCUT2D eigenvalue weighted by Crippen LogP contribution is -2.06. The lowest BCUT2D eigenvalue weighted by Gasteiger charge is -2.10. The molecule has 0 spiro atoms. The SMILES string of the molecule is C=C(Br)CNc1ncnc(Cl)c1NC. The summed E-state index contributed by atoms with van der Waals surface area (Å²) in [7, 11) is 1.76. The van der Waals surface area contributed by atoms with Crippen molar-refractivity contribution in [3.8, 4) is 0 Å². The van der Waals surface area contributed by atoms with Crippen molar-refractivity contribution >= 4 is 39.0 Å². The first-order chi connectivity index (χ1) is 6.65. The molecule has 0 amide bonds. The summed E-state index contributed by atoms with van der Waals surface area (Å²) in [5.74, 6) is 0.660.